The molecule has 0 aromatic carbocycles. The van der Waals surface area contributed by atoms with Gasteiger partial charge in [-0.15, -0.1) is 0 Å². The van der Waals surface area contributed by atoms with Crippen molar-refractivity contribution in [2.24, 2.45) is 0 Å². The number of carbonyl (C=O) groups excluding carboxylic acids is 4. The summed E-state index contributed by atoms with van der Waals surface area (Å²) in [6, 6.07) is 0. The summed E-state index contributed by atoms with van der Waals surface area (Å²) in [7, 11) is 3.87. The number of ether oxygens (including phenoxy) is 4. The summed E-state index contributed by atoms with van der Waals surface area (Å²) in [6.07, 6.45) is 2.58. The van der Waals surface area contributed by atoms with Crippen LogP contribution in [0, 0.1) is 26.6 Å². The molecule has 0 aliphatic carbocycles. The summed E-state index contributed by atoms with van der Waals surface area (Å²) in [6.45, 7) is 26.2. The van der Waals surface area contributed by atoms with Crippen LogP contribution in [0.15, 0.2) is 44.6 Å². The van der Waals surface area contributed by atoms with Crippen LogP contribution in [0.1, 0.15) is 34.1 Å². The van der Waals surface area contributed by atoms with Crippen molar-refractivity contribution in [2.45, 2.75) is 56.8 Å². The van der Waals surface area contributed by atoms with Crippen molar-refractivity contribution in [3.63, 3.8) is 0 Å². The van der Waals surface area contributed by atoms with E-state index in [9.17, 15) is 19.2 Å². The van der Waals surface area contributed by atoms with Gasteiger partial charge in [0.15, 0.2) is 0 Å². The molecule has 246 valence electrons. The van der Waals surface area contributed by atoms with Crippen molar-refractivity contribution >= 4 is 39.7 Å². The van der Waals surface area contributed by atoms with Gasteiger partial charge in [-0.05, 0) is 46.4 Å². The molecule has 0 spiro atoms. The summed E-state index contributed by atoms with van der Waals surface area (Å²) in [4.78, 5) is 51.0. The molecule has 0 N–H and O–H groups in total. The maximum Gasteiger partial charge on any atom is 0 e. The summed E-state index contributed by atoms with van der Waals surface area (Å²) in [5.74, 6) is -1.85. The van der Waals surface area contributed by atoms with Gasteiger partial charge in [-0.1, -0.05) is 38.1 Å². The Hall–Kier alpha value is -2.65. The largest absolute Gasteiger partial charge is 0 e. The van der Waals surface area contributed by atoms with E-state index in [0.717, 1.165) is 41.0 Å². The number of esters is 4. The van der Waals surface area contributed by atoms with Crippen molar-refractivity contribution < 1.29 is 77.8 Å². The molecule has 12 nitrogen and oxygen atoms in total. The second-order valence-electron chi connectivity index (χ2n) is 9.79. The summed E-state index contributed by atoms with van der Waals surface area (Å²) in [5, 5.41) is 0. The fraction of sp³-hybridized carbons (Fsp3) is 0.484. The first-order valence-corrected chi connectivity index (χ1v) is 16.4. The minimum Gasteiger partial charge on any atom is 0 e. The SMILES string of the molecule is COC(=O)C1=C(C(=O)OC)[C@@H]2C(C)=C(C)[C@H]1P2CCCP1[C@@H]2C(C)=C(C)[C@H]1C(C(=O)OC)=C2C(=O)OC.[C-]#[O+].[C-]#[O+].[C-]#[O+].[C-]#[O+].[W]. The number of hydrogen-bond acceptors (Lipinski definition) is 8. The van der Waals surface area contributed by atoms with Gasteiger partial charge in [0.2, 0.25) is 0 Å². The first-order chi connectivity index (χ1) is 21.6. The molecule has 15 heteroatoms. The molecule has 4 rings (SSSR count). The van der Waals surface area contributed by atoms with E-state index in [1.807, 2.05) is 27.7 Å². The quantitative estimate of drug-likeness (QED) is 0.0885. The Balaban J connectivity index is 0. The topological polar surface area (TPSA) is 185 Å². The fourth-order valence-electron chi connectivity index (χ4n) is 6.55. The van der Waals surface area contributed by atoms with Gasteiger partial charge < -0.3 is 18.9 Å². The van der Waals surface area contributed by atoms with Crippen LogP contribution in [0.4, 0.5) is 0 Å². The second kappa shape index (κ2) is 21.3. The first-order valence-electron chi connectivity index (χ1n) is 13.1. The predicted molar refractivity (Wildman–Crippen MR) is 158 cm³/mol. The van der Waals surface area contributed by atoms with E-state index in [4.69, 9.17) is 37.6 Å². The minimum absolute atomic E-state index is 0. The van der Waals surface area contributed by atoms with Gasteiger partial charge in [-0.25, -0.2) is 19.2 Å². The van der Waals surface area contributed by atoms with Crippen LogP contribution < -0.4 is 0 Å². The van der Waals surface area contributed by atoms with Gasteiger partial charge in [-0.3, -0.25) is 0 Å². The second-order valence-corrected chi connectivity index (χ2v) is 14.8. The molecule has 6 atom stereocenters. The average molecular weight is 844 g/mol. The summed E-state index contributed by atoms with van der Waals surface area (Å²) < 4.78 is 50.3. The Morgan fingerprint density at radius 1 is 0.500 bits per heavy atom. The number of allylic oxidation sites excluding steroid dienone is 4. The van der Waals surface area contributed by atoms with Crippen molar-refractivity contribution in [1.82, 2.24) is 0 Å². The van der Waals surface area contributed by atoms with Crippen molar-refractivity contribution in [2.75, 3.05) is 40.8 Å². The zero-order valence-corrected chi connectivity index (χ0v) is 31.4. The Kier molecular flexibility index (Phi) is 21.0. The maximum atomic E-state index is 12.7. The molecule has 0 radical (unpaired) electrons. The van der Waals surface area contributed by atoms with Crippen LogP contribution in [0.3, 0.4) is 0 Å². The average Bonchev–Trinajstić information content (AvgIpc) is 3.75. The summed E-state index contributed by atoms with van der Waals surface area (Å²) >= 11 is 0. The van der Waals surface area contributed by atoms with E-state index in [0.29, 0.717) is 22.3 Å². The van der Waals surface area contributed by atoms with Crippen LogP contribution in [0.2, 0.25) is 0 Å². The Morgan fingerprint density at radius 3 is 0.826 bits per heavy atom. The number of carbonyl (C=O) groups is 4. The molecule has 4 bridgehead atoms. The third kappa shape index (κ3) is 8.07. The number of hydrogen-bond donors (Lipinski definition) is 0. The van der Waals surface area contributed by atoms with Crippen LogP contribution in [-0.4, -0.2) is 87.3 Å². The normalized spacial score (nSPS) is 24.3. The molecule has 0 fully saturated rings. The zero-order chi connectivity index (χ0) is 35.3. The van der Waals surface area contributed by atoms with Crippen molar-refractivity contribution in [1.29, 1.82) is 0 Å². The van der Waals surface area contributed by atoms with Crippen LogP contribution in [-0.2, 0) is 77.8 Å². The van der Waals surface area contributed by atoms with Crippen LogP contribution in [0.5, 0.6) is 0 Å². The molecule has 0 amide bonds. The number of rotatable bonds is 8. The van der Waals surface area contributed by atoms with Crippen molar-refractivity contribution in [3.05, 3.63) is 71.2 Å². The maximum absolute atomic E-state index is 12.7. The minimum atomic E-state index is -0.744. The molecule has 4 heterocycles. The Labute approximate surface area is 285 Å². The van der Waals surface area contributed by atoms with E-state index in [1.54, 1.807) is 0 Å². The molecule has 46 heavy (non-hydrogen) atoms. The van der Waals surface area contributed by atoms with Gasteiger partial charge in [-0.2, -0.15) is 0 Å². The molecular formula is C31H34O12P2W. The van der Waals surface area contributed by atoms with E-state index in [-0.39, 0.29) is 43.7 Å². The molecule has 0 aromatic rings. The molecule has 0 saturated carbocycles. The van der Waals surface area contributed by atoms with Gasteiger partial charge in [0.1, 0.15) is 0 Å². The van der Waals surface area contributed by atoms with Gasteiger partial charge in [0, 0.05) is 43.7 Å². The Bertz CT molecular complexity index is 1200. The molecule has 0 saturated heterocycles. The van der Waals surface area contributed by atoms with Gasteiger partial charge in [0.25, 0.3) is 0 Å². The summed E-state index contributed by atoms with van der Waals surface area (Å²) in [5.41, 5.74) is 5.98. The van der Waals surface area contributed by atoms with E-state index in [1.165, 1.54) is 28.4 Å². The van der Waals surface area contributed by atoms with E-state index in [2.05, 4.69) is 26.6 Å². The van der Waals surface area contributed by atoms with Gasteiger partial charge in [0.05, 0.1) is 50.7 Å². The zero-order valence-electron chi connectivity index (χ0n) is 26.6. The molecular weight excluding hydrogens is 810 g/mol. The van der Waals surface area contributed by atoms with Gasteiger partial charge >= 0.3 is 69.1 Å². The Morgan fingerprint density at radius 2 is 0.674 bits per heavy atom. The first kappa shape index (κ1) is 45.5. The van der Waals surface area contributed by atoms with E-state index < -0.39 is 39.7 Å². The molecule has 4 aliphatic rings. The number of methoxy groups -OCH3 is 4. The monoisotopic (exact) mass is 844 g/mol. The predicted octanol–water partition coefficient (Wildman–Crippen LogP) is 3.67. The van der Waals surface area contributed by atoms with Crippen LogP contribution in [0.25, 0.3) is 0 Å². The van der Waals surface area contributed by atoms with E-state index >= 15 is 0 Å². The van der Waals surface area contributed by atoms with Crippen LogP contribution >= 0.6 is 15.8 Å². The third-order valence-electron chi connectivity index (χ3n) is 8.34. The smallest absolute Gasteiger partial charge is 0 e. The molecule has 4 aliphatic heterocycles. The molecule has 0 aromatic heterocycles. The fourth-order valence-corrected chi connectivity index (χ4v) is 14.6. The number of fused-ring (bicyclic) bond motifs is 4. The van der Waals surface area contributed by atoms with Crippen molar-refractivity contribution in [3.8, 4) is 0 Å². The standard InChI is InChI=1S/C27H34O8P2.4CO.W/c1-12-13(2)21-17(25(29)33-6)16(24(28)32-5)20(12)36(21)10-9-11-37-22-14(3)15(4)23(37)19(27(31)35-8)18(22)26(30)34-7;4*1-2;/h20-23H,9-11H2,1-8H3;;;;;/t20-,21+,22-,23+,36?,37?;;;;;. The third-order valence-corrected chi connectivity index (χ3v) is 15.2. The molecule has 2 unspecified atom stereocenters.